The highest BCUT2D eigenvalue weighted by Crippen LogP contribution is 2.35. The van der Waals surface area contributed by atoms with Crippen LogP contribution in [0.2, 0.25) is 5.02 Å². The summed E-state index contributed by atoms with van der Waals surface area (Å²) < 4.78 is 5.26. The number of ether oxygens (including phenoxy) is 1. The minimum Gasteiger partial charge on any atom is -0.495 e. The van der Waals surface area contributed by atoms with Gasteiger partial charge in [-0.25, -0.2) is 0 Å². The van der Waals surface area contributed by atoms with E-state index in [1.54, 1.807) is 12.1 Å². The van der Waals surface area contributed by atoms with Gasteiger partial charge in [0.05, 0.1) is 29.1 Å². The molecule has 21 heavy (non-hydrogen) atoms. The quantitative estimate of drug-likeness (QED) is 0.508. The van der Waals surface area contributed by atoms with Crippen LogP contribution in [0.4, 0.5) is 22.7 Å². The fourth-order valence-electron chi connectivity index (χ4n) is 1.85. The molecule has 0 aliphatic rings. The second-order valence-electron chi connectivity index (χ2n) is 4.46. The predicted molar refractivity (Wildman–Crippen MR) is 83.5 cm³/mol. The molecule has 2 rings (SSSR count). The van der Waals surface area contributed by atoms with Crippen molar-refractivity contribution in [2.24, 2.45) is 0 Å². The van der Waals surface area contributed by atoms with Gasteiger partial charge in [-0.05, 0) is 24.6 Å². The summed E-state index contributed by atoms with van der Waals surface area (Å²) in [5, 5.41) is 14.4. The standard InChI is InChI=1S/C14H14ClN3O3/c1-8-5-13(14(21-2)7-10(8)15)17-12-4-3-9(18(19)20)6-11(12)16/h3-7,17H,16H2,1-2H3. The van der Waals surface area contributed by atoms with Gasteiger partial charge in [-0.3, -0.25) is 10.1 Å². The lowest BCUT2D eigenvalue weighted by Crippen LogP contribution is -2.00. The molecule has 0 saturated carbocycles. The van der Waals surface area contributed by atoms with Crippen LogP contribution in [0, 0.1) is 17.0 Å². The van der Waals surface area contributed by atoms with Gasteiger partial charge in [-0.15, -0.1) is 0 Å². The number of aryl methyl sites for hydroxylation is 1. The molecule has 0 heterocycles. The van der Waals surface area contributed by atoms with Crippen molar-refractivity contribution in [2.45, 2.75) is 6.92 Å². The SMILES string of the molecule is COc1cc(Cl)c(C)cc1Nc1ccc([N+](=O)[O-])cc1N. The summed E-state index contributed by atoms with van der Waals surface area (Å²) in [6.07, 6.45) is 0. The number of anilines is 3. The van der Waals surface area contributed by atoms with Gasteiger partial charge in [0, 0.05) is 23.2 Å². The molecule has 7 heteroatoms. The van der Waals surface area contributed by atoms with Crippen LogP contribution in [-0.2, 0) is 0 Å². The Labute approximate surface area is 126 Å². The van der Waals surface area contributed by atoms with Crippen LogP contribution >= 0.6 is 11.6 Å². The van der Waals surface area contributed by atoms with Crippen LogP contribution in [0.5, 0.6) is 5.75 Å². The minimum absolute atomic E-state index is 0.0581. The highest BCUT2D eigenvalue weighted by molar-refractivity contribution is 6.31. The second kappa shape index (κ2) is 5.88. The molecule has 0 bridgehead atoms. The lowest BCUT2D eigenvalue weighted by molar-refractivity contribution is -0.384. The van der Waals surface area contributed by atoms with Crippen molar-refractivity contribution in [1.29, 1.82) is 0 Å². The number of hydrogen-bond acceptors (Lipinski definition) is 5. The number of methoxy groups -OCH3 is 1. The van der Waals surface area contributed by atoms with E-state index in [0.717, 1.165) is 5.56 Å². The number of non-ortho nitro benzene ring substituents is 1. The number of rotatable bonds is 4. The molecule has 0 amide bonds. The van der Waals surface area contributed by atoms with Crippen LogP contribution < -0.4 is 15.8 Å². The third-order valence-corrected chi connectivity index (χ3v) is 3.40. The zero-order chi connectivity index (χ0) is 15.6. The van der Waals surface area contributed by atoms with E-state index < -0.39 is 4.92 Å². The Kier molecular flexibility index (Phi) is 4.18. The number of hydrogen-bond donors (Lipinski definition) is 2. The molecule has 0 aromatic heterocycles. The number of nitrogens with one attached hydrogen (secondary N) is 1. The predicted octanol–water partition coefficient (Wildman–Crippen LogP) is 3.89. The van der Waals surface area contributed by atoms with E-state index in [1.807, 2.05) is 13.0 Å². The van der Waals surface area contributed by atoms with Crippen LogP contribution in [0.25, 0.3) is 0 Å². The molecule has 2 aromatic carbocycles. The van der Waals surface area contributed by atoms with E-state index in [-0.39, 0.29) is 11.4 Å². The van der Waals surface area contributed by atoms with Gasteiger partial charge in [-0.1, -0.05) is 11.6 Å². The molecule has 2 aromatic rings. The van der Waals surface area contributed by atoms with Gasteiger partial charge >= 0.3 is 0 Å². The summed E-state index contributed by atoms with van der Waals surface area (Å²) in [5.41, 5.74) is 8.16. The Hall–Kier alpha value is -2.47. The van der Waals surface area contributed by atoms with Gasteiger partial charge < -0.3 is 15.8 Å². The first-order valence-corrected chi connectivity index (χ1v) is 6.45. The van der Waals surface area contributed by atoms with Gasteiger partial charge in [-0.2, -0.15) is 0 Å². The van der Waals surface area contributed by atoms with Crippen molar-refractivity contribution in [3.05, 3.63) is 51.0 Å². The zero-order valence-electron chi connectivity index (χ0n) is 11.5. The molecule has 110 valence electrons. The Balaban J connectivity index is 2.38. The molecule has 3 N–H and O–H groups in total. The number of benzene rings is 2. The van der Waals surface area contributed by atoms with E-state index in [1.165, 1.54) is 19.2 Å². The molecular formula is C14H14ClN3O3. The fourth-order valence-corrected chi connectivity index (χ4v) is 2.01. The lowest BCUT2D eigenvalue weighted by Gasteiger charge is -2.14. The maximum atomic E-state index is 10.7. The summed E-state index contributed by atoms with van der Waals surface area (Å²) >= 11 is 6.05. The molecule has 0 unspecified atom stereocenters. The Bertz CT molecular complexity index is 704. The summed E-state index contributed by atoms with van der Waals surface area (Å²) in [4.78, 5) is 10.2. The summed E-state index contributed by atoms with van der Waals surface area (Å²) in [7, 11) is 1.53. The number of halogens is 1. The van der Waals surface area contributed by atoms with Gasteiger partial charge in [0.1, 0.15) is 5.75 Å². The maximum Gasteiger partial charge on any atom is 0.271 e. The number of nitrogen functional groups attached to an aromatic ring is 1. The number of nitrogens with two attached hydrogens (primary N) is 1. The highest BCUT2D eigenvalue weighted by atomic mass is 35.5. The van der Waals surface area contributed by atoms with E-state index in [9.17, 15) is 10.1 Å². The van der Waals surface area contributed by atoms with E-state index >= 15 is 0 Å². The van der Waals surface area contributed by atoms with Crippen LogP contribution in [0.1, 0.15) is 5.56 Å². The van der Waals surface area contributed by atoms with Crippen molar-refractivity contribution in [2.75, 3.05) is 18.2 Å². The Morgan fingerprint density at radius 2 is 2.00 bits per heavy atom. The van der Waals surface area contributed by atoms with Gasteiger partial charge in [0.15, 0.2) is 0 Å². The molecular weight excluding hydrogens is 294 g/mol. The summed E-state index contributed by atoms with van der Waals surface area (Å²) in [5.74, 6) is 0.559. The van der Waals surface area contributed by atoms with Crippen molar-refractivity contribution in [3.8, 4) is 5.75 Å². The molecule has 0 saturated heterocycles. The lowest BCUT2D eigenvalue weighted by atomic mass is 10.2. The second-order valence-corrected chi connectivity index (χ2v) is 4.86. The average Bonchev–Trinajstić information content (AvgIpc) is 2.44. The minimum atomic E-state index is -0.493. The van der Waals surface area contributed by atoms with Crippen LogP contribution in [0.3, 0.4) is 0 Å². The molecule has 0 aliphatic carbocycles. The van der Waals surface area contributed by atoms with Crippen molar-refractivity contribution in [3.63, 3.8) is 0 Å². The first-order chi connectivity index (χ1) is 9.92. The van der Waals surface area contributed by atoms with E-state index in [2.05, 4.69) is 5.32 Å². The number of nitro groups is 1. The van der Waals surface area contributed by atoms with Crippen molar-refractivity contribution in [1.82, 2.24) is 0 Å². The molecule has 0 atom stereocenters. The molecule has 0 radical (unpaired) electrons. The number of nitrogens with zero attached hydrogens (tertiary/aromatic N) is 1. The molecule has 6 nitrogen and oxygen atoms in total. The molecule has 0 fully saturated rings. The first kappa shape index (κ1) is 14.9. The normalized spacial score (nSPS) is 10.2. The zero-order valence-corrected chi connectivity index (χ0v) is 12.3. The van der Waals surface area contributed by atoms with E-state index in [0.29, 0.717) is 22.1 Å². The van der Waals surface area contributed by atoms with Crippen LogP contribution in [-0.4, -0.2) is 12.0 Å². The average molecular weight is 308 g/mol. The summed E-state index contributed by atoms with van der Waals surface area (Å²) in [6.45, 7) is 1.87. The smallest absolute Gasteiger partial charge is 0.271 e. The van der Waals surface area contributed by atoms with Crippen molar-refractivity contribution >= 4 is 34.4 Å². The Morgan fingerprint density at radius 1 is 1.29 bits per heavy atom. The molecule has 0 aliphatic heterocycles. The topological polar surface area (TPSA) is 90.4 Å². The molecule has 0 spiro atoms. The summed E-state index contributed by atoms with van der Waals surface area (Å²) in [6, 6.07) is 7.76. The number of nitro benzene ring substituents is 1. The Morgan fingerprint density at radius 3 is 2.57 bits per heavy atom. The largest absolute Gasteiger partial charge is 0.495 e. The fraction of sp³-hybridized carbons (Fsp3) is 0.143. The third-order valence-electron chi connectivity index (χ3n) is 3.00. The highest BCUT2D eigenvalue weighted by Gasteiger charge is 2.12. The van der Waals surface area contributed by atoms with Crippen molar-refractivity contribution < 1.29 is 9.66 Å². The van der Waals surface area contributed by atoms with Crippen LogP contribution in [0.15, 0.2) is 30.3 Å². The van der Waals surface area contributed by atoms with E-state index in [4.69, 9.17) is 22.1 Å². The monoisotopic (exact) mass is 307 g/mol. The third kappa shape index (κ3) is 3.17. The maximum absolute atomic E-state index is 10.7. The van der Waals surface area contributed by atoms with Gasteiger partial charge in [0.2, 0.25) is 0 Å². The first-order valence-electron chi connectivity index (χ1n) is 6.07. The van der Waals surface area contributed by atoms with Gasteiger partial charge in [0.25, 0.3) is 5.69 Å².